The summed E-state index contributed by atoms with van der Waals surface area (Å²) in [5.74, 6) is 0. The van der Waals surface area contributed by atoms with Gasteiger partial charge < -0.3 is 10.6 Å². The van der Waals surface area contributed by atoms with Crippen molar-refractivity contribution in [1.82, 2.24) is 5.32 Å². The van der Waals surface area contributed by atoms with Crippen molar-refractivity contribution in [2.45, 2.75) is 25.8 Å². The fourth-order valence-electron chi connectivity index (χ4n) is 1.10. The average Bonchev–Trinajstić information content (AvgIpc) is 2.34. The molecule has 0 aliphatic carbocycles. The quantitative estimate of drug-likeness (QED) is 0.830. The van der Waals surface area contributed by atoms with Crippen LogP contribution < -0.4 is 5.32 Å². The average molecular weight is 313 g/mol. The number of nitrogens with one attached hydrogen (secondary N) is 1. The molecule has 0 saturated carbocycles. The Bertz CT molecular complexity index is 72.0. The molecular weight excluding hydrogens is 298 g/mol. The van der Waals surface area contributed by atoms with Gasteiger partial charge in [0.15, 0.2) is 0 Å². The Labute approximate surface area is 76.8 Å². The largest absolute Gasteiger partial charge is 0.661 e. The number of hydrogen-bond donors (Lipinski definition) is 1. The van der Waals surface area contributed by atoms with Gasteiger partial charge in [0.05, 0.1) is 0 Å². The molecule has 1 aliphatic heterocycles. The van der Waals surface area contributed by atoms with Crippen molar-refractivity contribution in [1.29, 1.82) is 0 Å². The van der Waals surface area contributed by atoms with Crippen LogP contribution in [0, 0.1) is 0 Å². The van der Waals surface area contributed by atoms with Crippen LogP contribution in [0.2, 0.25) is 0 Å². The molecule has 2 nitrogen and oxygen atoms in total. The fourth-order valence-corrected chi connectivity index (χ4v) is 1.10. The molecule has 1 atom stereocenters. The topological polar surface area (TPSA) is 26.1 Å². The van der Waals surface area contributed by atoms with Crippen LogP contribution in [-0.4, -0.2) is 25.7 Å². The summed E-state index contributed by atoms with van der Waals surface area (Å²) in [6.45, 7) is 5.46. The van der Waals surface area contributed by atoms with Crippen LogP contribution in [0.25, 0.3) is 5.32 Å². The predicted molar refractivity (Wildman–Crippen MR) is 39.8 cm³/mol. The molecule has 0 aromatic carbocycles. The van der Waals surface area contributed by atoms with E-state index in [1.54, 1.807) is 0 Å². The summed E-state index contributed by atoms with van der Waals surface area (Å²) in [4.78, 5) is 0. The summed E-state index contributed by atoms with van der Waals surface area (Å²) in [6.07, 6.45) is 2.48. The van der Waals surface area contributed by atoms with E-state index in [4.69, 9.17) is 0 Å². The van der Waals surface area contributed by atoms with Crippen molar-refractivity contribution < 1.29 is 20.4 Å². The zero-order valence-electron chi connectivity index (χ0n) is 6.44. The van der Waals surface area contributed by atoms with E-state index in [-0.39, 0.29) is 20.4 Å². The Morgan fingerprint density at radius 3 is 2.90 bits per heavy atom. The first-order valence-electron chi connectivity index (χ1n) is 3.80. The molecule has 1 saturated heterocycles. The van der Waals surface area contributed by atoms with Crippen molar-refractivity contribution >= 4 is 0 Å². The summed E-state index contributed by atoms with van der Waals surface area (Å²) < 4.78 is 0. The third kappa shape index (κ3) is 3.68. The van der Waals surface area contributed by atoms with Gasteiger partial charge in [0.1, 0.15) is 0 Å². The summed E-state index contributed by atoms with van der Waals surface area (Å²) in [6, 6.07) is 0.699. The second-order valence-electron chi connectivity index (χ2n) is 2.57. The van der Waals surface area contributed by atoms with Gasteiger partial charge in [-0.1, -0.05) is 13.3 Å². The van der Waals surface area contributed by atoms with Crippen molar-refractivity contribution in [3.05, 3.63) is 5.32 Å². The molecule has 0 spiro atoms. The van der Waals surface area contributed by atoms with Gasteiger partial charge >= 0.3 is 0 Å². The molecule has 10 heavy (non-hydrogen) atoms. The zero-order valence-corrected chi connectivity index (χ0v) is 9.15. The van der Waals surface area contributed by atoms with E-state index < -0.39 is 0 Å². The molecule has 0 amide bonds. The van der Waals surface area contributed by atoms with Crippen LogP contribution >= 0.6 is 0 Å². The van der Waals surface area contributed by atoms with Gasteiger partial charge in [-0.3, -0.25) is 0 Å². The van der Waals surface area contributed by atoms with E-state index in [1.807, 2.05) is 0 Å². The number of rotatable bonds is 3. The van der Waals surface area contributed by atoms with Gasteiger partial charge in [0, 0.05) is 20.4 Å². The van der Waals surface area contributed by atoms with Crippen LogP contribution in [0.3, 0.4) is 0 Å². The molecule has 1 fully saturated rings. The molecule has 0 aromatic heterocycles. The molecule has 61 valence electrons. The van der Waals surface area contributed by atoms with Gasteiger partial charge in [0.25, 0.3) is 0 Å². The van der Waals surface area contributed by atoms with Gasteiger partial charge in [-0.2, -0.15) is 0 Å². The predicted octanol–water partition coefficient (Wildman–Crippen LogP) is 1.13. The minimum Gasteiger partial charge on any atom is -0.661 e. The maximum absolute atomic E-state index is 4.26. The number of nitrogens with zero attached hydrogens (tertiary/aromatic N) is 1. The molecule has 1 unspecified atom stereocenters. The smallest absolute Gasteiger partial charge is 0 e. The molecule has 1 N–H and O–H groups in total. The summed E-state index contributed by atoms with van der Waals surface area (Å²) in [7, 11) is 0. The maximum atomic E-state index is 4.26. The van der Waals surface area contributed by atoms with Crippen molar-refractivity contribution in [2.24, 2.45) is 0 Å². The minimum absolute atomic E-state index is 0. The van der Waals surface area contributed by atoms with Crippen LogP contribution in [0.4, 0.5) is 0 Å². The first-order chi connectivity index (χ1) is 4.43. The van der Waals surface area contributed by atoms with E-state index in [0.717, 1.165) is 19.6 Å². The Hall–Kier alpha value is 0.582. The summed E-state index contributed by atoms with van der Waals surface area (Å²) in [5.41, 5.74) is 0. The summed E-state index contributed by atoms with van der Waals surface area (Å²) >= 11 is 0. The Morgan fingerprint density at radius 2 is 2.40 bits per heavy atom. The molecule has 0 bridgehead atoms. The van der Waals surface area contributed by atoms with Crippen LogP contribution in [-0.2, 0) is 20.4 Å². The van der Waals surface area contributed by atoms with Crippen molar-refractivity contribution in [2.75, 3.05) is 19.6 Å². The third-order valence-electron chi connectivity index (χ3n) is 1.67. The van der Waals surface area contributed by atoms with Crippen LogP contribution in [0.1, 0.15) is 19.8 Å². The SMILES string of the molecule is CCCNC1CC[N-]C1.[Re]. The van der Waals surface area contributed by atoms with Gasteiger partial charge in [-0.15, -0.1) is 13.1 Å². The second-order valence-corrected chi connectivity index (χ2v) is 2.57. The van der Waals surface area contributed by atoms with Crippen molar-refractivity contribution in [3.63, 3.8) is 0 Å². The first kappa shape index (κ1) is 10.6. The maximum Gasteiger partial charge on any atom is 0 e. The Kier molecular flexibility index (Phi) is 6.67. The van der Waals surface area contributed by atoms with E-state index in [2.05, 4.69) is 17.6 Å². The van der Waals surface area contributed by atoms with Gasteiger partial charge in [-0.05, 0) is 19.0 Å². The standard InChI is InChI=1S/C7H15N2.Re/c1-2-4-9-7-3-5-8-6-7;/h7,9H,2-6H2,1H3;/q-1;. The molecule has 3 heteroatoms. The Morgan fingerprint density at radius 1 is 1.60 bits per heavy atom. The van der Waals surface area contributed by atoms with E-state index in [9.17, 15) is 0 Å². The van der Waals surface area contributed by atoms with E-state index >= 15 is 0 Å². The third-order valence-corrected chi connectivity index (χ3v) is 1.67. The molecule has 1 rings (SSSR count). The molecule has 1 radical (unpaired) electrons. The van der Waals surface area contributed by atoms with Crippen LogP contribution in [0.15, 0.2) is 0 Å². The molecular formula is C7H15N2Re-. The number of hydrogen-bond acceptors (Lipinski definition) is 1. The molecule has 1 heterocycles. The zero-order chi connectivity index (χ0) is 6.53. The van der Waals surface area contributed by atoms with Gasteiger partial charge in [0.2, 0.25) is 0 Å². The minimum atomic E-state index is 0. The normalized spacial score (nSPS) is 24.3. The van der Waals surface area contributed by atoms with E-state index in [0.29, 0.717) is 6.04 Å². The van der Waals surface area contributed by atoms with Gasteiger partial charge in [-0.25, -0.2) is 0 Å². The summed E-state index contributed by atoms with van der Waals surface area (Å²) in [5, 5.41) is 7.69. The monoisotopic (exact) mass is 314 g/mol. The first-order valence-corrected chi connectivity index (χ1v) is 3.80. The molecule has 1 aliphatic rings. The molecule has 0 aromatic rings. The van der Waals surface area contributed by atoms with E-state index in [1.165, 1.54) is 12.8 Å². The fraction of sp³-hybridized carbons (Fsp3) is 1.00. The van der Waals surface area contributed by atoms with Crippen molar-refractivity contribution in [3.8, 4) is 0 Å². The second kappa shape index (κ2) is 6.30. The Balaban J connectivity index is 0.000000810. The van der Waals surface area contributed by atoms with Crippen LogP contribution in [0.5, 0.6) is 0 Å².